The van der Waals surface area contributed by atoms with Crippen molar-refractivity contribution < 1.29 is 14.4 Å². The molecule has 0 unspecified atom stereocenters. The summed E-state index contributed by atoms with van der Waals surface area (Å²) in [6.45, 7) is 5.23. The van der Waals surface area contributed by atoms with Gasteiger partial charge in [-0.2, -0.15) is 0 Å². The number of halogens is 1. The smallest absolute Gasteiger partial charge is 0.253 e. The van der Waals surface area contributed by atoms with Crippen LogP contribution in [-0.2, 0) is 9.59 Å². The van der Waals surface area contributed by atoms with Crippen molar-refractivity contribution in [2.45, 2.75) is 70.9 Å². The number of rotatable bonds is 7. The van der Waals surface area contributed by atoms with Crippen molar-refractivity contribution >= 4 is 29.3 Å². The molecule has 1 aliphatic heterocycles. The molecule has 7 heteroatoms. The maximum Gasteiger partial charge on any atom is 0.253 e. The third-order valence-corrected chi connectivity index (χ3v) is 7.05. The SMILES string of the molecule is CC[C@@H](C)NC(=O)[C@H](NC(=O)c1ccccc1Cl)C1CCN(C(=O)C2CCCC2)CC1. The number of amides is 3. The first-order chi connectivity index (χ1) is 14.9. The molecule has 1 saturated heterocycles. The first-order valence-electron chi connectivity index (χ1n) is 11.5. The summed E-state index contributed by atoms with van der Waals surface area (Å²) < 4.78 is 0. The molecule has 6 nitrogen and oxygen atoms in total. The van der Waals surface area contributed by atoms with E-state index in [1.54, 1.807) is 24.3 Å². The summed E-state index contributed by atoms with van der Waals surface area (Å²) in [7, 11) is 0. The second-order valence-electron chi connectivity index (χ2n) is 8.89. The van der Waals surface area contributed by atoms with Crippen LogP contribution in [0.2, 0.25) is 5.02 Å². The van der Waals surface area contributed by atoms with Gasteiger partial charge in [-0.25, -0.2) is 0 Å². The second kappa shape index (κ2) is 11.0. The molecule has 1 saturated carbocycles. The Morgan fingerprint density at radius 2 is 1.71 bits per heavy atom. The fourth-order valence-corrected chi connectivity index (χ4v) is 4.80. The largest absolute Gasteiger partial charge is 0.352 e. The van der Waals surface area contributed by atoms with E-state index in [1.807, 2.05) is 18.7 Å². The molecule has 0 radical (unpaired) electrons. The maximum absolute atomic E-state index is 13.0. The average Bonchev–Trinajstić information content (AvgIpc) is 3.32. The Balaban J connectivity index is 1.68. The highest BCUT2D eigenvalue weighted by molar-refractivity contribution is 6.33. The van der Waals surface area contributed by atoms with E-state index in [0.717, 1.165) is 32.1 Å². The van der Waals surface area contributed by atoms with Crippen LogP contribution in [0.15, 0.2) is 24.3 Å². The van der Waals surface area contributed by atoms with Crippen LogP contribution in [0.25, 0.3) is 0 Å². The monoisotopic (exact) mass is 447 g/mol. The zero-order valence-corrected chi connectivity index (χ0v) is 19.3. The van der Waals surface area contributed by atoms with Crippen LogP contribution < -0.4 is 10.6 Å². The molecular formula is C24H34ClN3O3. The molecule has 170 valence electrons. The fraction of sp³-hybridized carbons (Fsp3) is 0.625. The molecule has 0 spiro atoms. The van der Waals surface area contributed by atoms with E-state index in [1.165, 1.54) is 0 Å². The van der Waals surface area contributed by atoms with Gasteiger partial charge >= 0.3 is 0 Å². The summed E-state index contributed by atoms with van der Waals surface area (Å²) in [5.74, 6) is -0.115. The number of nitrogens with one attached hydrogen (secondary N) is 2. The number of carbonyl (C=O) groups excluding carboxylic acids is 3. The first kappa shape index (κ1) is 23.6. The van der Waals surface area contributed by atoms with Gasteiger partial charge in [-0.1, -0.05) is 43.5 Å². The fourth-order valence-electron chi connectivity index (χ4n) is 4.58. The third-order valence-electron chi connectivity index (χ3n) is 6.72. The van der Waals surface area contributed by atoms with Gasteiger partial charge in [0, 0.05) is 25.0 Å². The minimum Gasteiger partial charge on any atom is -0.352 e. The van der Waals surface area contributed by atoms with Crippen molar-refractivity contribution in [3.05, 3.63) is 34.9 Å². The molecule has 1 aromatic carbocycles. The van der Waals surface area contributed by atoms with Gasteiger partial charge in [-0.15, -0.1) is 0 Å². The summed E-state index contributed by atoms with van der Waals surface area (Å²) in [4.78, 5) is 40.6. The van der Waals surface area contributed by atoms with Crippen molar-refractivity contribution in [2.75, 3.05) is 13.1 Å². The number of carbonyl (C=O) groups is 3. The van der Waals surface area contributed by atoms with Gasteiger partial charge < -0.3 is 15.5 Å². The first-order valence-corrected chi connectivity index (χ1v) is 11.9. The normalized spacial score (nSPS) is 19.6. The van der Waals surface area contributed by atoms with Crippen molar-refractivity contribution in [1.82, 2.24) is 15.5 Å². The van der Waals surface area contributed by atoms with Crippen molar-refractivity contribution in [3.63, 3.8) is 0 Å². The number of nitrogens with zero attached hydrogens (tertiary/aromatic N) is 1. The van der Waals surface area contributed by atoms with Crippen LogP contribution in [-0.4, -0.2) is 47.8 Å². The van der Waals surface area contributed by atoms with E-state index in [0.29, 0.717) is 36.5 Å². The van der Waals surface area contributed by atoms with E-state index < -0.39 is 6.04 Å². The molecule has 2 fully saturated rings. The van der Waals surface area contributed by atoms with E-state index in [-0.39, 0.29) is 35.6 Å². The minimum absolute atomic E-state index is 0.0243. The summed E-state index contributed by atoms with van der Waals surface area (Å²) in [5, 5.41) is 6.30. The van der Waals surface area contributed by atoms with Crippen molar-refractivity contribution in [2.24, 2.45) is 11.8 Å². The molecule has 2 atom stereocenters. The van der Waals surface area contributed by atoms with E-state index >= 15 is 0 Å². The van der Waals surface area contributed by atoms with Gasteiger partial charge in [0.1, 0.15) is 6.04 Å². The van der Waals surface area contributed by atoms with Crippen LogP contribution >= 0.6 is 11.6 Å². The predicted octanol–water partition coefficient (Wildman–Crippen LogP) is 3.78. The lowest BCUT2D eigenvalue weighted by Crippen LogP contribution is -2.55. The Labute approximate surface area is 190 Å². The standard InChI is InChI=1S/C24H34ClN3O3/c1-3-16(2)26-23(30)21(27-22(29)19-10-6-7-11-20(19)25)17-12-14-28(15-13-17)24(31)18-8-4-5-9-18/h6-7,10-11,16-18,21H,3-5,8-9,12-15H2,1-2H3,(H,26,30)(H,27,29)/t16-,21-/m1/s1. The molecule has 0 bridgehead atoms. The van der Waals surface area contributed by atoms with Crippen molar-refractivity contribution in [1.29, 1.82) is 0 Å². The Morgan fingerprint density at radius 3 is 2.32 bits per heavy atom. The van der Waals surface area contributed by atoms with Gasteiger partial charge in [0.25, 0.3) is 5.91 Å². The molecule has 3 rings (SSSR count). The van der Waals surface area contributed by atoms with Crippen LogP contribution in [0.5, 0.6) is 0 Å². The number of benzene rings is 1. The molecule has 2 aliphatic rings. The van der Waals surface area contributed by atoms with Gasteiger partial charge in [-0.05, 0) is 57.1 Å². The molecule has 2 N–H and O–H groups in total. The van der Waals surface area contributed by atoms with E-state index in [9.17, 15) is 14.4 Å². The highest BCUT2D eigenvalue weighted by Crippen LogP contribution is 2.29. The molecule has 1 aromatic rings. The van der Waals surface area contributed by atoms with Crippen LogP contribution in [0.3, 0.4) is 0 Å². The lowest BCUT2D eigenvalue weighted by Gasteiger charge is -2.37. The van der Waals surface area contributed by atoms with E-state index in [4.69, 9.17) is 11.6 Å². The molecule has 0 aromatic heterocycles. The molecule has 1 aliphatic carbocycles. The minimum atomic E-state index is -0.651. The van der Waals surface area contributed by atoms with Gasteiger partial charge in [0.15, 0.2) is 0 Å². The zero-order valence-electron chi connectivity index (χ0n) is 18.5. The lowest BCUT2D eigenvalue weighted by molar-refractivity contribution is -0.137. The molecular weight excluding hydrogens is 414 g/mol. The topological polar surface area (TPSA) is 78.5 Å². The Bertz CT molecular complexity index is 786. The number of piperidine rings is 1. The highest BCUT2D eigenvalue weighted by Gasteiger charge is 2.36. The summed E-state index contributed by atoms with van der Waals surface area (Å²) in [6.07, 6.45) is 6.46. The van der Waals surface area contributed by atoms with Gasteiger partial charge in [0.2, 0.25) is 11.8 Å². The number of hydrogen-bond acceptors (Lipinski definition) is 3. The average molecular weight is 448 g/mol. The highest BCUT2D eigenvalue weighted by atomic mass is 35.5. The van der Waals surface area contributed by atoms with Crippen LogP contribution in [0.4, 0.5) is 0 Å². The maximum atomic E-state index is 13.0. The zero-order chi connectivity index (χ0) is 22.4. The Kier molecular flexibility index (Phi) is 8.35. The molecule has 1 heterocycles. The van der Waals surface area contributed by atoms with Crippen LogP contribution in [0, 0.1) is 11.8 Å². The summed E-state index contributed by atoms with van der Waals surface area (Å²) in [5.41, 5.74) is 0.361. The van der Waals surface area contributed by atoms with Gasteiger partial charge in [0.05, 0.1) is 10.6 Å². The third kappa shape index (κ3) is 6.00. The Hall–Kier alpha value is -2.08. The lowest BCUT2D eigenvalue weighted by atomic mass is 9.87. The quantitative estimate of drug-likeness (QED) is 0.667. The summed E-state index contributed by atoms with van der Waals surface area (Å²) >= 11 is 6.19. The van der Waals surface area contributed by atoms with Crippen LogP contribution in [0.1, 0.15) is 69.2 Å². The number of hydrogen-bond donors (Lipinski definition) is 2. The number of likely N-dealkylation sites (tertiary alicyclic amines) is 1. The second-order valence-corrected chi connectivity index (χ2v) is 9.30. The molecule has 3 amide bonds. The molecule has 31 heavy (non-hydrogen) atoms. The van der Waals surface area contributed by atoms with Gasteiger partial charge in [-0.3, -0.25) is 14.4 Å². The van der Waals surface area contributed by atoms with Crippen molar-refractivity contribution in [3.8, 4) is 0 Å². The van der Waals surface area contributed by atoms with E-state index in [2.05, 4.69) is 10.6 Å². The predicted molar refractivity (Wildman–Crippen MR) is 122 cm³/mol. The Morgan fingerprint density at radius 1 is 1.06 bits per heavy atom. The summed E-state index contributed by atoms with van der Waals surface area (Å²) in [6, 6.07) is 6.21.